The molecule has 2 aliphatic rings. The topological polar surface area (TPSA) is 60.5 Å². The smallest absolute Gasteiger partial charge is 0.252 e. The summed E-state index contributed by atoms with van der Waals surface area (Å²) in [5.41, 5.74) is 0.557. The van der Waals surface area contributed by atoms with Gasteiger partial charge in [-0.2, -0.15) is 11.8 Å². The highest BCUT2D eigenvalue weighted by atomic mass is 32.2. The first kappa shape index (κ1) is 14.7. The molecule has 2 fully saturated rings. The predicted molar refractivity (Wildman–Crippen MR) is 81.9 cm³/mol. The van der Waals surface area contributed by atoms with Crippen LogP contribution in [-0.2, 0) is 4.74 Å². The number of nitrogens with one attached hydrogen (secondary N) is 1. The van der Waals surface area contributed by atoms with Crippen LogP contribution in [0.2, 0.25) is 0 Å². The van der Waals surface area contributed by atoms with E-state index in [4.69, 9.17) is 9.47 Å². The van der Waals surface area contributed by atoms with Gasteiger partial charge in [-0.1, -0.05) is 0 Å². The number of hydrogen-bond donors (Lipinski definition) is 1. The van der Waals surface area contributed by atoms with Crippen LogP contribution in [0.4, 0.5) is 0 Å². The van der Waals surface area contributed by atoms with Crippen molar-refractivity contribution in [1.29, 1.82) is 0 Å². The second-order valence-electron chi connectivity index (χ2n) is 5.33. The number of amides is 1. The molecule has 2 aliphatic heterocycles. The molecule has 0 aliphatic carbocycles. The molecule has 2 saturated heterocycles. The van der Waals surface area contributed by atoms with Crippen LogP contribution in [0.25, 0.3) is 0 Å². The zero-order chi connectivity index (χ0) is 14.5. The average molecular weight is 308 g/mol. The van der Waals surface area contributed by atoms with Gasteiger partial charge in [0.2, 0.25) is 5.88 Å². The summed E-state index contributed by atoms with van der Waals surface area (Å²) in [7, 11) is 0. The van der Waals surface area contributed by atoms with E-state index in [0.29, 0.717) is 18.0 Å². The lowest BCUT2D eigenvalue weighted by Crippen LogP contribution is -2.31. The number of rotatable bonds is 5. The highest BCUT2D eigenvalue weighted by molar-refractivity contribution is 7.99. The molecule has 6 heteroatoms. The third kappa shape index (κ3) is 4.11. The van der Waals surface area contributed by atoms with Crippen molar-refractivity contribution >= 4 is 17.7 Å². The molecule has 0 spiro atoms. The molecule has 0 bridgehead atoms. The van der Waals surface area contributed by atoms with E-state index in [1.165, 1.54) is 0 Å². The molecule has 1 aromatic heterocycles. The second-order valence-corrected chi connectivity index (χ2v) is 6.48. The Labute approximate surface area is 128 Å². The van der Waals surface area contributed by atoms with Gasteiger partial charge in [0, 0.05) is 31.2 Å². The maximum atomic E-state index is 12.0. The molecule has 1 aromatic rings. The minimum Gasteiger partial charge on any atom is -0.473 e. The molecular weight excluding hydrogens is 288 g/mol. The Hall–Kier alpha value is -1.27. The summed E-state index contributed by atoms with van der Waals surface area (Å²) < 4.78 is 11.2. The van der Waals surface area contributed by atoms with Gasteiger partial charge in [0.25, 0.3) is 5.91 Å². The Bertz CT molecular complexity index is 468. The van der Waals surface area contributed by atoms with Crippen LogP contribution in [0.1, 0.15) is 29.6 Å². The summed E-state index contributed by atoms with van der Waals surface area (Å²) >= 11 is 1.90. The zero-order valence-electron chi connectivity index (χ0n) is 11.9. The largest absolute Gasteiger partial charge is 0.473 e. The molecule has 0 aromatic carbocycles. The highest BCUT2D eigenvalue weighted by Crippen LogP contribution is 2.22. The highest BCUT2D eigenvalue weighted by Gasteiger charge is 2.18. The van der Waals surface area contributed by atoms with E-state index in [2.05, 4.69) is 10.3 Å². The number of carbonyl (C=O) groups excluding carboxylic acids is 1. The van der Waals surface area contributed by atoms with E-state index < -0.39 is 0 Å². The summed E-state index contributed by atoms with van der Waals surface area (Å²) in [6, 6.07) is 3.53. The fourth-order valence-corrected chi connectivity index (χ4v) is 3.57. The molecule has 21 heavy (non-hydrogen) atoms. The van der Waals surface area contributed by atoms with Crippen molar-refractivity contribution in [3.8, 4) is 5.88 Å². The fourth-order valence-electron chi connectivity index (χ4n) is 2.47. The van der Waals surface area contributed by atoms with Gasteiger partial charge in [-0.05, 0) is 31.1 Å². The number of aromatic nitrogens is 1. The van der Waals surface area contributed by atoms with Crippen LogP contribution in [0.5, 0.6) is 5.88 Å². The Morgan fingerprint density at radius 3 is 3.10 bits per heavy atom. The fraction of sp³-hybridized carbons (Fsp3) is 0.600. The number of thioether (sulfide) groups is 1. The van der Waals surface area contributed by atoms with Crippen LogP contribution >= 0.6 is 11.8 Å². The zero-order valence-corrected chi connectivity index (χ0v) is 12.7. The third-order valence-corrected chi connectivity index (χ3v) is 4.82. The Morgan fingerprint density at radius 2 is 2.43 bits per heavy atom. The van der Waals surface area contributed by atoms with E-state index in [9.17, 15) is 4.79 Å². The number of hydrogen-bond acceptors (Lipinski definition) is 5. The number of nitrogens with zero attached hydrogens (tertiary/aromatic N) is 1. The van der Waals surface area contributed by atoms with Gasteiger partial charge in [0.05, 0.1) is 11.7 Å². The molecule has 2 atom stereocenters. The van der Waals surface area contributed by atoms with Gasteiger partial charge in [0.15, 0.2) is 0 Å². The van der Waals surface area contributed by atoms with E-state index in [1.807, 2.05) is 11.8 Å². The quantitative estimate of drug-likeness (QED) is 0.900. The number of ether oxygens (including phenoxy) is 2. The van der Waals surface area contributed by atoms with Crippen LogP contribution in [0.3, 0.4) is 0 Å². The monoisotopic (exact) mass is 308 g/mol. The van der Waals surface area contributed by atoms with Crippen molar-refractivity contribution in [2.45, 2.75) is 31.5 Å². The third-order valence-electron chi connectivity index (χ3n) is 3.69. The summed E-state index contributed by atoms with van der Waals surface area (Å²) in [6.45, 7) is 1.37. The molecule has 3 rings (SSSR count). The first-order chi connectivity index (χ1) is 10.3. The molecule has 0 radical (unpaired) electrons. The first-order valence-corrected chi connectivity index (χ1v) is 8.57. The maximum Gasteiger partial charge on any atom is 0.252 e. The average Bonchev–Trinajstić information content (AvgIpc) is 3.19. The first-order valence-electron chi connectivity index (χ1n) is 7.41. The van der Waals surface area contributed by atoms with Gasteiger partial charge in [0.1, 0.15) is 6.10 Å². The second kappa shape index (κ2) is 7.13. The van der Waals surface area contributed by atoms with Gasteiger partial charge >= 0.3 is 0 Å². The van der Waals surface area contributed by atoms with Gasteiger partial charge in [-0.25, -0.2) is 4.98 Å². The van der Waals surface area contributed by atoms with Crippen LogP contribution in [-0.4, -0.2) is 47.8 Å². The molecule has 1 amide bonds. The van der Waals surface area contributed by atoms with Crippen molar-refractivity contribution in [3.63, 3.8) is 0 Å². The summed E-state index contributed by atoms with van der Waals surface area (Å²) in [6.07, 6.45) is 5.14. The van der Waals surface area contributed by atoms with E-state index in [0.717, 1.165) is 37.4 Å². The van der Waals surface area contributed by atoms with E-state index >= 15 is 0 Å². The van der Waals surface area contributed by atoms with Gasteiger partial charge in [-0.15, -0.1) is 0 Å². The van der Waals surface area contributed by atoms with Crippen LogP contribution in [0.15, 0.2) is 18.3 Å². The number of pyridine rings is 1. The Kier molecular flexibility index (Phi) is 4.98. The molecule has 0 saturated carbocycles. The summed E-state index contributed by atoms with van der Waals surface area (Å²) in [5, 5.41) is 2.89. The molecule has 114 valence electrons. The lowest BCUT2D eigenvalue weighted by atomic mass is 10.2. The normalized spacial score (nSPS) is 25.0. The number of carbonyl (C=O) groups is 1. The van der Waals surface area contributed by atoms with Crippen molar-refractivity contribution in [1.82, 2.24) is 10.3 Å². The van der Waals surface area contributed by atoms with Gasteiger partial charge in [-0.3, -0.25) is 4.79 Å². The minimum absolute atomic E-state index is 0.110. The lowest BCUT2D eigenvalue weighted by molar-refractivity contribution is 0.0857. The van der Waals surface area contributed by atoms with E-state index in [-0.39, 0.29) is 18.1 Å². The minimum atomic E-state index is -0.110. The van der Waals surface area contributed by atoms with Crippen LogP contribution < -0.4 is 10.1 Å². The maximum absolute atomic E-state index is 12.0. The van der Waals surface area contributed by atoms with Crippen molar-refractivity contribution in [2.24, 2.45) is 0 Å². The summed E-state index contributed by atoms with van der Waals surface area (Å²) in [4.78, 5) is 16.2. The molecule has 3 heterocycles. The molecule has 5 nitrogen and oxygen atoms in total. The van der Waals surface area contributed by atoms with Crippen molar-refractivity contribution in [3.05, 3.63) is 23.9 Å². The summed E-state index contributed by atoms with van der Waals surface area (Å²) in [5.74, 6) is 2.65. The SMILES string of the molecule is O=C(NCC1CCCO1)c1ccc(OC2CCSC2)nc1. The standard InChI is InChI=1S/C15H20N2O3S/c18-15(17-9-12-2-1-6-19-12)11-3-4-14(16-8-11)20-13-5-7-21-10-13/h3-4,8,12-13H,1-2,5-7,9-10H2,(H,17,18). The van der Waals surface area contributed by atoms with Gasteiger partial charge < -0.3 is 14.8 Å². The molecule has 1 N–H and O–H groups in total. The van der Waals surface area contributed by atoms with Crippen molar-refractivity contribution < 1.29 is 14.3 Å². The molecule has 2 unspecified atom stereocenters. The van der Waals surface area contributed by atoms with Crippen LogP contribution in [0, 0.1) is 0 Å². The molecular formula is C15H20N2O3S. The predicted octanol–water partition coefficient (Wildman–Crippen LogP) is 1.87. The Morgan fingerprint density at radius 1 is 1.48 bits per heavy atom. The lowest BCUT2D eigenvalue weighted by Gasteiger charge is -2.12. The van der Waals surface area contributed by atoms with Crippen molar-refractivity contribution in [2.75, 3.05) is 24.7 Å². The Balaban J connectivity index is 1.49. The van der Waals surface area contributed by atoms with E-state index in [1.54, 1.807) is 18.3 Å².